The third kappa shape index (κ3) is 2.58. The predicted molar refractivity (Wildman–Crippen MR) is 84.2 cm³/mol. The summed E-state index contributed by atoms with van der Waals surface area (Å²) in [6.45, 7) is 0. The minimum atomic E-state index is -0.502. The molecule has 0 atom stereocenters. The number of aromatic amines is 1. The normalized spacial score (nSPS) is 10.8. The first-order valence-electron chi connectivity index (χ1n) is 6.51. The van der Waals surface area contributed by atoms with Crippen LogP contribution in [0, 0.1) is 0 Å². The van der Waals surface area contributed by atoms with Gasteiger partial charge in [-0.1, -0.05) is 6.07 Å². The SMILES string of the molecule is COC(=O)c1csc(CC(=O)c2c[nH]c3cc(N)ccc23)n1. The van der Waals surface area contributed by atoms with Crippen molar-refractivity contribution < 1.29 is 14.3 Å². The number of esters is 1. The average Bonchev–Trinajstić information content (AvgIpc) is 3.12. The second-order valence-corrected chi connectivity index (χ2v) is 5.67. The van der Waals surface area contributed by atoms with Crippen LogP contribution >= 0.6 is 11.3 Å². The van der Waals surface area contributed by atoms with Gasteiger partial charge in [0.25, 0.3) is 0 Å². The van der Waals surface area contributed by atoms with E-state index in [0.717, 1.165) is 10.9 Å². The first-order chi connectivity index (χ1) is 10.6. The van der Waals surface area contributed by atoms with E-state index >= 15 is 0 Å². The third-order valence-corrected chi connectivity index (χ3v) is 4.11. The molecule has 2 aromatic heterocycles. The van der Waals surface area contributed by atoms with Crippen molar-refractivity contribution in [3.63, 3.8) is 0 Å². The van der Waals surface area contributed by atoms with Crippen molar-refractivity contribution in [2.24, 2.45) is 0 Å². The molecule has 0 spiro atoms. The van der Waals surface area contributed by atoms with Crippen molar-refractivity contribution in [2.75, 3.05) is 12.8 Å². The number of carbonyl (C=O) groups excluding carboxylic acids is 2. The lowest BCUT2D eigenvalue weighted by atomic mass is 10.1. The Bertz CT molecular complexity index is 866. The molecule has 0 saturated carbocycles. The third-order valence-electron chi connectivity index (χ3n) is 3.26. The van der Waals surface area contributed by atoms with E-state index in [1.165, 1.54) is 18.4 Å². The molecule has 2 heterocycles. The number of carbonyl (C=O) groups is 2. The summed E-state index contributed by atoms with van der Waals surface area (Å²) in [6.07, 6.45) is 1.81. The molecule has 3 N–H and O–H groups in total. The van der Waals surface area contributed by atoms with Crippen LogP contribution in [0.4, 0.5) is 5.69 Å². The van der Waals surface area contributed by atoms with E-state index < -0.39 is 5.97 Å². The van der Waals surface area contributed by atoms with E-state index in [0.29, 0.717) is 16.3 Å². The zero-order valence-corrected chi connectivity index (χ0v) is 12.6. The van der Waals surface area contributed by atoms with E-state index in [1.54, 1.807) is 23.7 Å². The second-order valence-electron chi connectivity index (χ2n) is 4.73. The fourth-order valence-electron chi connectivity index (χ4n) is 2.20. The van der Waals surface area contributed by atoms with Crippen LogP contribution in [0.5, 0.6) is 0 Å². The number of aromatic nitrogens is 2. The Labute approximate surface area is 129 Å². The van der Waals surface area contributed by atoms with Gasteiger partial charge in [-0.25, -0.2) is 9.78 Å². The van der Waals surface area contributed by atoms with E-state index in [-0.39, 0.29) is 17.9 Å². The molecule has 0 radical (unpaired) electrons. The maximum atomic E-state index is 12.4. The smallest absolute Gasteiger partial charge is 0.357 e. The first-order valence-corrected chi connectivity index (χ1v) is 7.39. The van der Waals surface area contributed by atoms with E-state index in [2.05, 4.69) is 14.7 Å². The zero-order chi connectivity index (χ0) is 15.7. The standard InChI is InChI=1S/C15H13N3O3S/c1-21-15(20)12-7-22-14(18-12)5-13(19)10-6-17-11-4-8(16)2-3-9(10)11/h2-4,6-7,17H,5,16H2,1H3. The van der Waals surface area contributed by atoms with Crippen LogP contribution in [0.25, 0.3) is 10.9 Å². The van der Waals surface area contributed by atoms with Gasteiger partial charge in [-0.2, -0.15) is 0 Å². The number of hydrogen-bond donors (Lipinski definition) is 2. The monoisotopic (exact) mass is 315 g/mol. The fraction of sp³-hybridized carbons (Fsp3) is 0.133. The summed E-state index contributed by atoms with van der Waals surface area (Å²) in [5.41, 5.74) is 7.98. The zero-order valence-electron chi connectivity index (χ0n) is 11.8. The Morgan fingerprint density at radius 3 is 3.00 bits per heavy atom. The number of nitrogens with zero attached hydrogens (tertiary/aromatic N) is 1. The van der Waals surface area contributed by atoms with Gasteiger partial charge in [-0.15, -0.1) is 11.3 Å². The Morgan fingerprint density at radius 2 is 2.23 bits per heavy atom. The molecule has 0 aliphatic carbocycles. The number of H-pyrrole nitrogens is 1. The Balaban J connectivity index is 1.84. The number of thiazole rings is 1. The number of fused-ring (bicyclic) bond motifs is 1. The van der Waals surface area contributed by atoms with Crippen LogP contribution < -0.4 is 5.73 Å². The Morgan fingerprint density at radius 1 is 1.41 bits per heavy atom. The largest absolute Gasteiger partial charge is 0.464 e. The summed E-state index contributed by atoms with van der Waals surface area (Å²) in [5.74, 6) is -0.570. The van der Waals surface area contributed by atoms with E-state index in [9.17, 15) is 9.59 Å². The molecule has 3 rings (SSSR count). The number of nitrogen functional groups attached to an aromatic ring is 1. The lowest BCUT2D eigenvalue weighted by Gasteiger charge is -1.98. The van der Waals surface area contributed by atoms with Gasteiger partial charge in [0.15, 0.2) is 11.5 Å². The van der Waals surface area contributed by atoms with Crippen LogP contribution in [0.15, 0.2) is 29.8 Å². The van der Waals surface area contributed by atoms with Gasteiger partial charge in [0.1, 0.15) is 5.01 Å². The second kappa shape index (κ2) is 5.61. The summed E-state index contributed by atoms with van der Waals surface area (Å²) >= 11 is 1.26. The number of ether oxygens (including phenoxy) is 1. The molecule has 0 aliphatic rings. The highest BCUT2D eigenvalue weighted by molar-refractivity contribution is 7.10. The van der Waals surface area contributed by atoms with Crippen LogP contribution in [-0.4, -0.2) is 28.8 Å². The van der Waals surface area contributed by atoms with Crippen molar-refractivity contribution in [2.45, 2.75) is 6.42 Å². The first kappa shape index (κ1) is 14.3. The fourth-order valence-corrected chi connectivity index (χ4v) is 2.96. The highest BCUT2D eigenvalue weighted by Gasteiger charge is 2.16. The number of ketones is 1. The van der Waals surface area contributed by atoms with Crippen molar-refractivity contribution in [3.8, 4) is 0 Å². The maximum Gasteiger partial charge on any atom is 0.357 e. The average molecular weight is 315 g/mol. The highest BCUT2D eigenvalue weighted by Crippen LogP contribution is 2.22. The topological polar surface area (TPSA) is 98.1 Å². The van der Waals surface area contributed by atoms with Gasteiger partial charge in [-0.05, 0) is 12.1 Å². The van der Waals surface area contributed by atoms with Crippen molar-refractivity contribution in [3.05, 3.63) is 46.0 Å². The molecule has 0 fully saturated rings. The van der Waals surface area contributed by atoms with E-state index in [4.69, 9.17) is 5.73 Å². The minimum Gasteiger partial charge on any atom is -0.464 e. The van der Waals surface area contributed by atoms with Crippen molar-refractivity contribution >= 4 is 39.7 Å². The van der Waals surface area contributed by atoms with Crippen LogP contribution in [0.2, 0.25) is 0 Å². The van der Waals surface area contributed by atoms with Gasteiger partial charge in [0.05, 0.1) is 13.5 Å². The molecular weight excluding hydrogens is 302 g/mol. The number of Topliss-reactive ketones (excluding diaryl/α,β-unsaturated/α-hetero) is 1. The number of benzene rings is 1. The molecule has 22 heavy (non-hydrogen) atoms. The van der Waals surface area contributed by atoms with Gasteiger partial charge in [0.2, 0.25) is 0 Å². The number of methoxy groups -OCH3 is 1. The molecule has 0 amide bonds. The van der Waals surface area contributed by atoms with Crippen molar-refractivity contribution in [1.29, 1.82) is 0 Å². The lowest BCUT2D eigenvalue weighted by molar-refractivity contribution is 0.0594. The van der Waals surface area contributed by atoms with Gasteiger partial charge in [-0.3, -0.25) is 4.79 Å². The summed E-state index contributed by atoms with van der Waals surface area (Å²) in [5, 5.41) is 2.99. The number of hydrogen-bond acceptors (Lipinski definition) is 6. The van der Waals surface area contributed by atoms with Crippen LogP contribution in [0.3, 0.4) is 0 Å². The number of rotatable bonds is 4. The minimum absolute atomic E-state index is 0.0678. The molecule has 6 nitrogen and oxygen atoms in total. The highest BCUT2D eigenvalue weighted by atomic mass is 32.1. The number of anilines is 1. The summed E-state index contributed by atoms with van der Waals surface area (Å²) in [7, 11) is 1.30. The van der Waals surface area contributed by atoms with Crippen molar-refractivity contribution in [1.82, 2.24) is 9.97 Å². The molecule has 1 aromatic carbocycles. The Hall–Kier alpha value is -2.67. The molecule has 112 valence electrons. The van der Waals surface area contributed by atoms with Crippen LogP contribution in [0.1, 0.15) is 25.9 Å². The Kier molecular flexibility index (Phi) is 3.64. The molecular formula is C15H13N3O3S. The molecule has 0 bridgehead atoms. The molecule has 0 aliphatic heterocycles. The predicted octanol–water partition coefficient (Wildman–Crippen LogP) is 2.42. The van der Waals surface area contributed by atoms with Gasteiger partial charge >= 0.3 is 5.97 Å². The quantitative estimate of drug-likeness (QED) is 0.438. The summed E-state index contributed by atoms with van der Waals surface area (Å²) in [6, 6.07) is 5.35. The van der Waals surface area contributed by atoms with Gasteiger partial charge in [0, 0.05) is 33.7 Å². The van der Waals surface area contributed by atoms with E-state index in [1.807, 2.05) is 6.07 Å². The number of nitrogens with one attached hydrogen (secondary N) is 1. The summed E-state index contributed by atoms with van der Waals surface area (Å²) < 4.78 is 4.60. The maximum absolute atomic E-state index is 12.4. The molecule has 7 heteroatoms. The van der Waals surface area contributed by atoms with Gasteiger partial charge < -0.3 is 15.5 Å². The lowest BCUT2D eigenvalue weighted by Crippen LogP contribution is -2.05. The molecule has 3 aromatic rings. The van der Waals surface area contributed by atoms with Crippen LogP contribution in [-0.2, 0) is 11.2 Å². The molecule has 0 unspecified atom stereocenters. The summed E-state index contributed by atoms with van der Waals surface area (Å²) in [4.78, 5) is 30.9. The molecule has 0 saturated heterocycles. The number of nitrogens with two attached hydrogens (primary N) is 1.